The number of halogens is 1. The topological polar surface area (TPSA) is 73.4 Å². The number of aromatic amines is 1. The monoisotopic (exact) mass is 334 g/mol. The van der Waals surface area contributed by atoms with Crippen molar-refractivity contribution in [2.45, 2.75) is 19.9 Å². The van der Waals surface area contributed by atoms with Crippen molar-refractivity contribution in [1.82, 2.24) is 9.88 Å². The van der Waals surface area contributed by atoms with Gasteiger partial charge in [-0.1, -0.05) is 29.8 Å². The Balaban J connectivity index is 2.28. The molecule has 0 spiro atoms. The molecule has 122 valence electrons. The van der Waals surface area contributed by atoms with E-state index in [1.807, 2.05) is 18.2 Å². The summed E-state index contributed by atoms with van der Waals surface area (Å²) < 4.78 is 0. The Morgan fingerprint density at radius 1 is 1.35 bits per heavy atom. The molecule has 0 bridgehead atoms. The number of hydrogen-bond acceptors (Lipinski definition) is 3. The summed E-state index contributed by atoms with van der Waals surface area (Å²) in [7, 11) is 0. The fourth-order valence-corrected chi connectivity index (χ4v) is 2.45. The van der Waals surface area contributed by atoms with Gasteiger partial charge in [-0.2, -0.15) is 0 Å². The lowest BCUT2D eigenvalue weighted by atomic mass is 10.1. The number of rotatable bonds is 6. The molecule has 5 nitrogen and oxygen atoms in total. The van der Waals surface area contributed by atoms with Crippen LogP contribution in [0.1, 0.15) is 28.0 Å². The zero-order valence-corrected chi connectivity index (χ0v) is 13.6. The molecular weight excluding hydrogens is 316 g/mol. The van der Waals surface area contributed by atoms with E-state index >= 15 is 0 Å². The molecule has 2 rings (SSSR count). The highest BCUT2D eigenvalue weighted by atomic mass is 35.5. The summed E-state index contributed by atoms with van der Waals surface area (Å²) in [6.07, 6.45) is 1.86. The van der Waals surface area contributed by atoms with Crippen LogP contribution in [-0.4, -0.2) is 34.0 Å². The third-order valence-corrected chi connectivity index (χ3v) is 3.85. The molecule has 6 heteroatoms. The van der Waals surface area contributed by atoms with Crippen LogP contribution in [0.4, 0.5) is 0 Å². The van der Waals surface area contributed by atoms with Crippen molar-refractivity contribution in [3.05, 3.63) is 68.6 Å². The van der Waals surface area contributed by atoms with E-state index in [0.717, 1.165) is 5.56 Å². The van der Waals surface area contributed by atoms with Gasteiger partial charge in [0.05, 0.1) is 0 Å². The lowest BCUT2D eigenvalue weighted by Crippen LogP contribution is -2.35. The van der Waals surface area contributed by atoms with E-state index in [1.54, 1.807) is 13.0 Å². The van der Waals surface area contributed by atoms with Gasteiger partial charge in [0, 0.05) is 42.7 Å². The largest absolute Gasteiger partial charge is 0.396 e. The quantitative estimate of drug-likeness (QED) is 0.851. The number of aliphatic hydroxyl groups excluding tert-OH is 1. The average molecular weight is 335 g/mol. The fourth-order valence-electron chi connectivity index (χ4n) is 2.26. The molecule has 2 aromatic rings. The predicted molar refractivity (Wildman–Crippen MR) is 89.7 cm³/mol. The van der Waals surface area contributed by atoms with Crippen molar-refractivity contribution < 1.29 is 9.90 Å². The van der Waals surface area contributed by atoms with E-state index in [9.17, 15) is 9.59 Å². The molecule has 0 radical (unpaired) electrons. The molecular formula is C17H19ClN2O3. The van der Waals surface area contributed by atoms with Crippen LogP contribution < -0.4 is 5.43 Å². The van der Waals surface area contributed by atoms with Crippen molar-refractivity contribution in [1.29, 1.82) is 0 Å². The maximum absolute atomic E-state index is 12.7. The highest BCUT2D eigenvalue weighted by Gasteiger charge is 2.19. The van der Waals surface area contributed by atoms with Gasteiger partial charge in [0.1, 0.15) is 5.56 Å². The highest BCUT2D eigenvalue weighted by molar-refractivity contribution is 6.31. The first-order valence-corrected chi connectivity index (χ1v) is 7.73. The fraction of sp³-hybridized carbons (Fsp3) is 0.294. The maximum atomic E-state index is 12.7. The zero-order chi connectivity index (χ0) is 16.8. The lowest BCUT2D eigenvalue weighted by Gasteiger charge is -2.23. The van der Waals surface area contributed by atoms with Crippen LogP contribution >= 0.6 is 11.6 Å². The number of nitrogens with one attached hydrogen (secondary N) is 1. The van der Waals surface area contributed by atoms with Gasteiger partial charge in [0.15, 0.2) is 5.43 Å². The predicted octanol–water partition coefficient (Wildman–Crippen LogP) is 2.36. The summed E-state index contributed by atoms with van der Waals surface area (Å²) in [6, 6.07) is 8.64. The van der Waals surface area contributed by atoms with Gasteiger partial charge in [-0.15, -0.1) is 0 Å². The Kier molecular flexibility index (Phi) is 5.96. The molecule has 2 N–H and O–H groups in total. The zero-order valence-electron chi connectivity index (χ0n) is 12.9. The third kappa shape index (κ3) is 4.43. The van der Waals surface area contributed by atoms with Gasteiger partial charge in [-0.05, 0) is 25.0 Å². The van der Waals surface area contributed by atoms with Crippen LogP contribution in [0.25, 0.3) is 0 Å². The number of nitrogens with zero attached hydrogens (tertiary/aromatic N) is 1. The number of aromatic nitrogens is 1. The Morgan fingerprint density at radius 3 is 2.74 bits per heavy atom. The van der Waals surface area contributed by atoms with Gasteiger partial charge < -0.3 is 15.0 Å². The van der Waals surface area contributed by atoms with Gasteiger partial charge in [0.2, 0.25) is 0 Å². The second-order valence-corrected chi connectivity index (χ2v) is 5.70. The molecule has 0 atom stereocenters. The number of carbonyl (C=O) groups is 1. The first kappa shape index (κ1) is 17.2. The highest BCUT2D eigenvalue weighted by Crippen LogP contribution is 2.18. The van der Waals surface area contributed by atoms with E-state index in [0.29, 0.717) is 23.7 Å². The number of H-pyrrole nitrogens is 1. The number of pyridine rings is 1. The Hall–Kier alpha value is -2.11. The second-order valence-electron chi connectivity index (χ2n) is 5.29. The number of aryl methyl sites for hydroxylation is 1. The van der Waals surface area contributed by atoms with E-state index in [-0.39, 0.29) is 30.1 Å². The summed E-state index contributed by atoms with van der Waals surface area (Å²) in [5.41, 5.74) is 1.25. The molecule has 0 aliphatic carbocycles. The van der Waals surface area contributed by atoms with Crippen molar-refractivity contribution in [2.75, 3.05) is 13.2 Å². The van der Waals surface area contributed by atoms with Crippen LogP contribution in [0, 0.1) is 6.92 Å². The number of amides is 1. The normalized spacial score (nSPS) is 10.6. The van der Waals surface area contributed by atoms with Gasteiger partial charge in [0.25, 0.3) is 5.91 Å². The van der Waals surface area contributed by atoms with Gasteiger partial charge >= 0.3 is 0 Å². The molecule has 23 heavy (non-hydrogen) atoms. The van der Waals surface area contributed by atoms with E-state index < -0.39 is 0 Å². The van der Waals surface area contributed by atoms with Crippen LogP contribution in [0.2, 0.25) is 5.02 Å². The summed E-state index contributed by atoms with van der Waals surface area (Å²) in [4.78, 5) is 29.1. The molecule has 0 aliphatic heterocycles. The molecule has 0 saturated carbocycles. The Bertz CT molecular complexity index is 743. The lowest BCUT2D eigenvalue weighted by molar-refractivity contribution is 0.0730. The van der Waals surface area contributed by atoms with Crippen molar-refractivity contribution in [3.8, 4) is 0 Å². The van der Waals surface area contributed by atoms with E-state index in [1.165, 1.54) is 17.2 Å². The minimum absolute atomic E-state index is 0.0312. The van der Waals surface area contributed by atoms with Crippen LogP contribution in [0.5, 0.6) is 0 Å². The summed E-state index contributed by atoms with van der Waals surface area (Å²) >= 11 is 6.15. The van der Waals surface area contributed by atoms with Crippen LogP contribution in [0.3, 0.4) is 0 Å². The molecule has 0 unspecified atom stereocenters. The second kappa shape index (κ2) is 7.94. The SMILES string of the molecule is Cc1cc(=O)c(C(=O)N(CCCO)Cc2ccccc2Cl)c[nH]1. The third-order valence-electron chi connectivity index (χ3n) is 3.48. The molecule has 1 aromatic carbocycles. The van der Waals surface area contributed by atoms with Crippen molar-refractivity contribution in [3.63, 3.8) is 0 Å². The summed E-state index contributed by atoms with van der Waals surface area (Å²) in [6.45, 7) is 2.35. The van der Waals surface area contributed by atoms with E-state index in [2.05, 4.69) is 4.98 Å². The minimum Gasteiger partial charge on any atom is -0.396 e. The Morgan fingerprint density at radius 2 is 2.09 bits per heavy atom. The number of hydrogen-bond donors (Lipinski definition) is 2. The number of aliphatic hydroxyl groups is 1. The molecule has 1 aromatic heterocycles. The molecule has 0 saturated heterocycles. The Labute approximate surface area is 139 Å². The molecule has 1 heterocycles. The standard InChI is InChI=1S/C17H19ClN2O3/c1-12-9-16(22)14(10-19-12)17(23)20(7-4-8-21)11-13-5-2-3-6-15(13)18/h2-3,5-6,9-10,21H,4,7-8,11H2,1H3,(H,19,22). The van der Waals surface area contributed by atoms with Crippen molar-refractivity contribution in [2.24, 2.45) is 0 Å². The molecule has 1 amide bonds. The van der Waals surface area contributed by atoms with Crippen molar-refractivity contribution >= 4 is 17.5 Å². The summed E-state index contributed by atoms with van der Waals surface area (Å²) in [5.74, 6) is -0.375. The number of benzene rings is 1. The first-order chi connectivity index (χ1) is 11.0. The van der Waals surface area contributed by atoms with Gasteiger partial charge in [-0.3, -0.25) is 9.59 Å². The first-order valence-electron chi connectivity index (χ1n) is 7.36. The van der Waals surface area contributed by atoms with Crippen LogP contribution in [0.15, 0.2) is 41.3 Å². The average Bonchev–Trinajstić information content (AvgIpc) is 2.52. The van der Waals surface area contributed by atoms with Gasteiger partial charge in [-0.25, -0.2) is 0 Å². The van der Waals surface area contributed by atoms with Crippen LogP contribution in [-0.2, 0) is 6.54 Å². The maximum Gasteiger partial charge on any atom is 0.259 e. The smallest absolute Gasteiger partial charge is 0.259 e. The summed E-state index contributed by atoms with van der Waals surface area (Å²) in [5, 5.41) is 9.61. The van der Waals surface area contributed by atoms with E-state index in [4.69, 9.17) is 16.7 Å². The molecule has 0 fully saturated rings. The molecule has 0 aliphatic rings. The number of carbonyl (C=O) groups excluding carboxylic acids is 1. The minimum atomic E-state index is -0.375.